The fourth-order valence-electron chi connectivity index (χ4n) is 2.31. The molecule has 0 atom stereocenters. The Balaban J connectivity index is 1.84. The normalized spacial score (nSPS) is 10.1. The van der Waals surface area contributed by atoms with Crippen molar-refractivity contribution >= 4 is 29.1 Å². The van der Waals surface area contributed by atoms with Gasteiger partial charge in [-0.1, -0.05) is 24.3 Å². The van der Waals surface area contributed by atoms with Gasteiger partial charge in [-0.3, -0.25) is 25.8 Å². The summed E-state index contributed by atoms with van der Waals surface area (Å²) >= 11 is 5.06. The van der Waals surface area contributed by atoms with Crippen LogP contribution in [-0.2, 0) is 11.2 Å². The van der Waals surface area contributed by atoms with Crippen LogP contribution in [0.4, 0.5) is 0 Å². The summed E-state index contributed by atoms with van der Waals surface area (Å²) in [5, 5.41) is 2.49. The molecule has 148 valence electrons. The van der Waals surface area contributed by atoms with Gasteiger partial charge in [0.1, 0.15) is 11.5 Å². The molecule has 0 aliphatic rings. The van der Waals surface area contributed by atoms with Gasteiger partial charge in [-0.15, -0.1) is 0 Å². The second-order valence-electron chi connectivity index (χ2n) is 6.14. The summed E-state index contributed by atoms with van der Waals surface area (Å²) in [6.07, 6.45) is 0.0785. The first-order valence-corrected chi connectivity index (χ1v) is 9.08. The molecule has 28 heavy (non-hydrogen) atoms. The molecular weight excluding hydrogens is 378 g/mol. The molecule has 7 nitrogen and oxygen atoms in total. The summed E-state index contributed by atoms with van der Waals surface area (Å²) in [6.45, 7) is 3.75. The predicted octanol–water partition coefficient (Wildman–Crippen LogP) is 2.36. The Labute approximate surface area is 169 Å². The fourth-order valence-corrected chi connectivity index (χ4v) is 2.46. The first-order valence-electron chi connectivity index (χ1n) is 8.68. The molecule has 2 amide bonds. The molecule has 8 heteroatoms. The van der Waals surface area contributed by atoms with E-state index in [1.54, 1.807) is 55.6 Å². The van der Waals surface area contributed by atoms with Crippen molar-refractivity contribution in [1.82, 2.24) is 16.2 Å². The van der Waals surface area contributed by atoms with E-state index in [4.69, 9.17) is 21.7 Å². The predicted molar refractivity (Wildman–Crippen MR) is 110 cm³/mol. The zero-order chi connectivity index (χ0) is 20.5. The number of hydrogen-bond donors (Lipinski definition) is 3. The average Bonchev–Trinajstić information content (AvgIpc) is 2.67. The third-order valence-corrected chi connectivity index (χ3v) is 3.76. The van der Waals surface area contributed by atoms with Gasteiger partial charge in [-0.05, 0) is 55.9 Å². The van der Waals surface area contributed by atoms with Gasteiger partial charge < -0.3 is 9.47 Å². The van der Waals surface area contributed by atoms with Gasteiger partial charge in [-0.2, -0.15) is 0 Å². The van der Waals surface area contributed by atoms with Crippen LogP contribution in [0.1, 0.15) is 29.8 Å². The van der Waals surface area contributed by atoms with Crippen LogP contribution in [0.3, 0.4) is 0 Å². The lowest BCUT2D eigenvalue weighted by Gasteiger charge is -2.15. The number of nitrogens with one attached hydrogen (secondary N) is 3. The number of thiocarbonyl (C=S) groups is 1. The van der Waals surface area contributed by atoms with Crippen LogP contribution in [0, 0.1) is 0 Å². The number of hydrazine groups is 1. The molecule has 0 saturated carbocycles. The highest BCUT2D eigenvalue weighted by atomic mass is 32.1. The van der Waals surface area contributed by atoms with Gasteiger partial charge in [0.05, 0.1) is 25.2 Å². The maximum absolute atomic E-state index is 12.4. The van der Waals surface area contributed by atoms with E-state index in [9.17, 15) is 9.59 Å². The summed E-state index contributed by atoms with van der Waals surface area (Å²) in [7, 11) is 1.58. The molecule has 0 radical (unpaired) electrons. The Morgan fingerprint density at radius 3 is 2.36 bits per heavy atom. The maximum atomic E-state index is 12.4. The minimum absolute atomic E-state index is 0.0209. The second kappa shape index (κ2) is 10.3. The summed E-state index contributed by atoms with van der Waals surface area (Å²) in [5.74, 6) is 0.442. The lowest BCUT2D eigenvalue weighted by atomic mass is 10.1. The van der Waals surface area contributed by atoms with Crippen LogP contribution in [0.15, 0.2) is 48.5 Å². The smallest absolute Gasteiger partial charge is 0.261 e. The molecule has 0 aliphatic heterocycles. The highest BCUT2D eigenvalue weighted by Crippen LogP contribution is 2.19. The van der Waals surface area contributed by atoms with Gasteiger partial charge in [0.2, 0.25) is 5.91 Å². The van der Waals surface area contributed by atoms with Crippen molar-refractivity contribution < 1.29 is 19.1 Å². The summed E-state index contributed by atoms with van der Waals surface area (Å²) in [4.78, 5) is 24.4. The van der Waals surface area contributed by atoms with Gasteiger partial charge in [0.15, 0.2) is 5.11 Å². The number of carbonyl (C=O) groups excluding carboxylic acids is 2. The molecule has 2 aromatic carbocycles. The van der Waals surface area contributed by atoms with Crippen molar-refractivity contribution in [2.75, 3.05) is 7.11 Å². The number of rotatable bonds is 6. The van der Waals surface area contributed by atoms with Crippen molar-refractivity contribution in [1.29, 1.82) is 0 Å². The SMILES string of the molecule is COc1ccc(CC(=O)NNC(=S)NC(=O)c2ccccc2OC(C)C)cc1. The molecule has 0 aromatic heterocycles. The van der Waals surface area contributed by atoms with Crippen LogP contribution in [0.25, 0.3) is 0 Å². The van der Waals surface area contributed by atoms with E-state index < -0.39 is 5.91 Å². The minimum atomic E-state index is -0.432. The van der Waals surface area contributed by atoms with Crippen LogP contribution in [0.5, 0.6) is 11.5 Å². The van der Waals surface area contributed by atoms with Crippen molar-refractivity contribution in [3.8, 4) is 11.5 Å². The highest BCUT2D eigenvalue weighted by Gasteiger charge is 2.14. The molecule has 0 fully saturated rings. The Morgan fingerprint density at radius 2 is 1.71 bits per heavy atom. The number of methoxy groups -OCH3 is 1. The lowest BCUT2D eigenvalue weighted by molar-refractivity contribution is -0.121. The molecule has 0 bridgehead atoms. The number of ether oxygens (including phenoxy) is 2. The van der Waals surface area contributed by atoms with Gasteiger partial charge in [-0.25, -0.2) is 0 Å². The quantitative estimate of drug-likeness (QED) is 0.509. The Morgan fingerprint density at radius 1 is 1.04 bits per heavy atom. The van der Waals surface area contributed by atoms with Crippen LogP contribution < -0.4 is 25.6 Å². The zero-order valence-electron chi connectivity index (χ0n) is 15.9. The molecule has 0 saturated heterocycles. The number of benzene rings is 2. The second-order valence-corrected chi connectivity index (χ2v) is 6.55. The number of amides is 2. The molecule has 0 aliphatic carbocycles. The third kappa shape index (κ3) is 6.55. The van der Waals surface area contributed by atoms with Crippen LogP contribution in [0.2, 0.25) is 0 Å². The molecule has 2 rings (SSSR count). The number of carbonyl (C=O) groups is 2. The Bertz CT molecular complexity index is 838. The van der Waals surface area contributed by atoms with E-state index >= 15 is 0 Å². The molecule has 2 aromatic rings. The lowest BCUT2D eigenvalue weighted by Crippen LogP contribution is -2.48. The number of hydrogen-bond acceptors (Lipinski definition) is 5. The molecule has 0 heterocycles. The van der Waals surface area contributed by atoms with Crippen LogP contribution in [-0.4, -0.2) is 30.1 Å². The first kappa shape index (κ1) is 21.2. The van der Waals surface area contributed by atoms with Crippen molar-refractivity contribution in [3.63, 3.8) is 0 Å². The first-order chi connectivity index (χ1) is 13.4. The van der Waals surface area contributed by atoms with E-state index in [0.717, 1.165) is 5.56 Å². The van der Waals surface area contributed by atoms with E-state index in [-0.39, 0.29) is 23.5 Å². The third-order valence-electron chi connectivity index (χ3n) is 3.56. The Hall–Kier alpha value is -3.13. The fraction of sp³-hybridized carbons (Fsp3) is 0.250. The molecule has 3 N–H and O–H groups in total. The minimum Gasteiger partial charge on any atom is -0.497 e. The molecule has 0 unspecified atom stereocenters. The average molecular weight is 401 g/mol. The molecule has 0 spiro atoms. The summed E-state index contributed by atoms with van der Waals surface area (Å²) in [6, 6.07) is 14.0. The zero-order valence-corrected chi connectivity index (χ0v) is 16.8. The van der Waals surface area contributed by atoms with Gasteiger partial charge >= 0.3 is 0 Å². The van der Waals surface area contributed by atoms with Crippen molar-refractivity contribution in [3.05, 3.63) is 59.7 Å². The summed E-state index contributed by atoms with van der Waals surface area (Å²) < 4.78 is 10.7. The van der Waals surface area contributed by atoms with Gasteiger partial charge in [0, 0.05) is 0 Å². The van der Waals surface area contributed by atoms with Crippen molar-refractivity contribution in [2.45, 2.75) is 26.4 Å². The van der Waals surface area contributed by atoms with Gasteiger partial charge in [0.25, 0.3) is 5.91 Å². The van der Waals surface area contributed by atoms with Crippen LogP contribution >= 0.6 is 12.2 Å². The van der Waals surface area contributed by atoms with E-state index in [1.165, 1.54) is 0 Å². The number of para-hydroxylation sites is 1. The maximum Gasteiger partial charge on any atom is 0.261 e. The Kier molecular flexibility index (Phi) is 7.76. The summed E-state index contributed by atoms with van der Waals surface area (Å²) in [5.41, 5.74) is 6.14. The van der Waals surface area contributed by atoms with E-state index in [0.29, 0.717) is 17.1 Å². The molecular formula is C20H23N3O4S. The van der Waals surface area contributed by atoms with E-state index in [2.05, 4.69) is 16.2 Å². The largest absolute Gasteiger partial charge is 0.497 e. The highest BCUT2D eigenvalue weighted by molar-refractivity contribution is 7.80. The topological polar surface area (TPSA) is 88.7 Å². The standard InChI is InChI=1S/C20H23N3O4S/c1-13(2)27-17-7-5-4-6-16(17)19(25)21-20(28)23-22-18(24)12-14-8-10-15(26-3)11-9-14/h4-11,13H,12H2,1-3H3,(H,22,24)(H2,21,23,25,28). The monoisotopic (exact) mass is 401 g/mol. The van der Waals surface area contributed by atoms with E-state index in [1.807, 2.05) is 13.8 Å². The van der Waals surface area contributed by atoms with Crippen molar-refractivity contribution in [2.24, 2.45) is 0 Å².